The normalized spacial score (nSPS) is 49.6. The summed E-state index contributed by atoms with van der Waals surface area (Å²) < 4.78 is 0. The number of hydrogen-bond acceptors (Lipinski definition) is 2. The predicted molar refractivity (Wildman–Crippen MR) is 130 cm³/mol. The summed E-state index contributed by atoms with van der Waals surface area (Å²) in [5.74, 6) is 5.00. The van der Waals surface area contributed by atoms with E-state index in [2.05, 4.69) is 48.5 Å². The van der Waals surface area contributed by atoms with Crippen molar-refractivity contribution >= 4 is 0 Å². The highest BCUT2D eigenvalue weighted by molar-refractivity contribution is 5.10. The lowest BCUT2D eigenvalue weighted by Gasteiger charge is -2.62. The second-order valence-corrected chi connectivity index (χ2v) is 14.5. The van der Waals surface area contributed by atoms with Gasteiger partial charge in [-0.1, -0.05) is 41.5 Å². The third-order valence-electron chi connectivity index (χ3n) is 11.6. The summed E-state index contributed by atoms with van der Waals surface area (Å²) in [5, 5.41) is 21.3. The molecule has 10 atom stereocenters. The van der Waals surface area contributed by atoms with Gasteiger partial charge in [0.2, 0.25) is 0 Å². The molecule has 0 aromatic heterocycles. The molecule has 0 aromatic carbocycles. The maximum atomic E-state index is 10.7. The minimum absolute atomic E-state index is 0.00137. The molecule has 4 rings (SSSR count). The van der Waals surface area contributed by atoms with Gasteiger partial charge in [0.15, 0.2) is 0 Å². The van der Waals surface area contributed by atoms with Crippen LogP contribution in [0, 0.1) is 51.8 Å². The minimum atomic E-state index is -0.425. The smallest absolute Gasteiger partial charge is 0.0622 e. The van der Waals surface area contributed by atoms with E-state index < -0.39 is 5.60 Å². The van der Waals surface area contributed by atoms with Crippen molar-refractivity contribution in [2.75, 3.05) is 0 Å². The van der Waals surface area contributed by atoms with Gasteiger partial charge >= 0.3 is 0 Å². The molecule has 180 valence electrons. The quantitative estimate of drug-likeness (QED) is 0.492. The molecule has 0 spiro atoms. The van der Waals surface area contributed by atoms with E-state index in [4.69, 9.17) is 0 Å². The van der Waals surface area contributed by atoms with Crippen LogP contribution >= 0.6 is 0 Å². The first-order valence-corrected chi connectivity index (χ1v) is 13.7. The number of fused-ring (bicyclic) bond motifs is 5. The van der Waals surface area contributed by atoms with Gasteiger partial charge in [0.25, 0.3) is 0 Å². The molecule has 0 bridgehead atoms. The number of rotatable bonds is 4. The van der Waals surface area contributed by atoms with E-state index in [-0.39, 0.29) is 11.5 Å². The van der Waals surface area contributed by atoms with E-state index in [0.29, 0.717) is 10.8 Å². The van der Waals surface area contributed by atoms with E-state index in [1.807, 2.05) is 0 Å². The van der Waals surface area contributed by atoms with Gasteiger partial charge in [-0.3, -0.25) is 0 Å². The molecule has 2 heteroatoms. The summed E-state index contributed by atoms with van der Waals surface area (Å²) in [6.45, 7) is 16.3. The van der Waals surface area contributed by atoms with Crippen LogP contribution in [0.25, 0.3) is 0 Å². The largest absolute Gasteiger partial charge is 0.393 e. The van der Waals surface area contributed by atoms with Gasteiger partial charge < -0.3 is 10.2 Å². The molecule has 4 saturated carbocycles. The van der Waals surface area contributed by atoms with Crippen molar-refractivity contribution < 1.29 is 10.2 Å². The van der Waals surface area contributed by atoms with Crippen molar-refractivity contribution in [3.63, 3.8) is 0 Å². The molecule has 0 heterocycles. The molecule has 4 aliphatic rings. The lowest BCUT2D eigenvalue weighted by molar-refractivity contribution is -0.148. The number of aliphatic hydroxyl groups excluding tert-OH is 1. The molecule has 31 heavy (non-hydrogen) atoms. The van der Waals surface area contributed by atoms with Crippen molar-refractivity contribution in [1.82, 2.24) is 0 Å². The van der Waals surface area contributed by atoms with Crippen LogP contribution in [0.5, 0.6) is 0 Å². The zero-order valence-corrected chi connectivity index (χ0v) is 21.7. The van der Waals surface area contributed by atoms with Crippen molar-refractivity contribution in [2.24, 2.45) is 51.8 Å². The van der Waals surface area contributed by atoms with Crippen LogP contribution in [0.15, 0.2) is 0 Å². The highest BCUT2D eigenvalue weighted by atomic mass is 16.3. The zero-order chi connectivity index (χ0) is 22.8. The van der Waals surface area contributed by atoms with Crippen molar-refractivity contribution in [3.05, 3.63) is 0 Å². The Kier molecular flexibility index (Phi) is 6.21. The van der Waals surface area contributed by atoms with E-state index in [9.17, 15) is 10.2 Å². The third-order valence-corrected chi connectivity index (χ3v) is 11.6. The Hall–Kier alpha value is -0.0800. The molecule has 2 nitrogen and oxygen atoms in total. The first-order valence-electron chi connectivity index (χ1n) is 13.7. The standard InChI is InChI=1S/C29H52O2/c1-19(8-13-25(30)26(2,3)4)22-11-12-23-21-10-9-20-18-27(5,31)16-17-28(20,6)24(21)14-15-29(22,23)7/h19-25,30-31H,8-18H2,1-7H3/t19-,20+,21+,22-,23+,24+,25?,27+,28+,29-/m1/s1. The van der Waals surface area contributed by atoms with Gasteiger partial charge in [-0.25, -0.2) is 0 Å². The Bertz CT molecular complexity index is 648. The molecule has 0 radical (unpaired) electrons. The topological polar surface area (TPSA) is 40.5 Å². The molecule has 0 aliphatic heterocycles. The summed E-state index contributed by atoms with van der Waals surface area (Å²) >= 11 is 0. The summed E-state index contributed by atoms with van der Waals surface area (Å²) in [4.78, 5) is 0. The molecule has 0 aromatic rings. The Morgan fingerprint density at radius 3 is 2.19 bits per heavy atom. The van der Waals surface area contributed by atoms with Crippen LogP contribution in [0.4, 0.5) is 0 Å². The van der Waals surface area contributed by atoms with E-state index in [0.717, 1.165) is 54.8 Å². The average molecular weight is 433 g/mol. The Morgan fingerprint density at radius 1 is 0.839 bits per heavy atom. The SMILES string of the molecule is C[C@H](CCC(O)C(C)(C)C)[C@H]1CC[C@H]2[C@@H]3CC[C@H]4C[C@@](C)(O)CC[C@]4(C)[C@H]3CC[C@]12C. The molecule has 2 N–H and O–H groups in total. The van der Waals surface area contributed by atoms with Gasteiger partial charge in [-0.15, -0.1) is 0 Å². The van der Waals surface area contributed by atoms with Crippen LogP contribution in [0.1, 0.15) is 119 Å². The van der Waals surface area contributed by atoms with E-state index in [1.165, 1.54) is 51.4 Å². The van der Waals surface area contributed by atoms with Gasteiger partial charge in [0, 0.05) is 0 Å². The molecular formula is C29H52O2. The van der Waals surface area contributed by atoms with Crippen molar-refractivity contribution in [2.45, 2.75) is 131 Å². The minimum Gasteiger partial charge on any atom is -0.393 e. The highest BCUT2D eigenvalue weighted by Crippen LogP contribution is 2.68. The van der Waals surface area contributed by atoms with Gasteiger partial charge in [0.1, 0.15) is 0 Å². The van der Waals surface area contributed by atoms with Crippen molar-refractivity contribution in [3.8, 4) is 0 Å². The van der Waals surface area contributed by atoms with Crippen LogP contribution in [0.3, 0.4) is 0 Å². The predicted octanol–water partition coefficient (Wildman–Crippen LogP) is 7.22. The number of hydrogen-bond donors (Lipinski definition) is 2. The Balaban J connectivity index is 1.45. The van der Waals surface area contributed by atoms with Gasteiger partial charge in [0.05, 0.1) is 11.7 Å². The monoisotopic (exact) mass is 432 g/mol. The first-order chi connectivity index (χ1) is 14.3. The maximum absolute atomic E-state index is 10.7. The first kappa shape index (κ1) is 24.1. The fourth-order valence-corrected chi connectivity index (χ4v) is 9.46. The molecule has 0 amide bonds. The second-order valence-electron chi connectivity index (χ2n) is 14.5. The lowest BCUT2D eigenvalue weighted by Crippen LogP contribution is -2.55. The third kappa shape index (κ3) is 4.16. The maximum Gasteiger partial charge on any atom is 0.0622 e. The lowest BCUT2D eigenvalue weighted by atomic mass is 9.43. The summed E-state index contributed by atoms with van der Waals surface area (Å²) in [7, 11) is 0. The highest BCUT2D eigenvalue weighted by Gasteiger charge is 2.61. The second kappa shape index (κ2) is 8.00. The van der Waals surface area contributed by atoms with Crippen LogP contribution in [-0.2, 0) is 0 Å². The number of aliphatic hydroxyl groups is 2. The molecule has 4 fully saturated rings. The Morgan fingerprint density at radius 2 is 1.52 bits per heavy atom. The zero-order valence-electron chi connectivity index (χ0n) is 21.7. The van der Waals surface area contributed by atoms with Crippen LogP contribution in [-0.4, -0.2) is 21.9 Å². The van der Waals surface area contributed by atoms with Crippen molar-refractivity contribution in [1.29, 1.82) is 0 Å². The van der Waals surface area contributed by atoms with E-state index in [1.54, 1.807) is 0 Å². The molecule has 4 aliphatic carbocycles. The van der Waals surface area contributed by atoms with Gasteiger partial charge in [-0.05, 0) is 129 Å². The van der Waals surface area contributed by atoms with E-state index >= 15 is 0 Å². The summed E-state index contributed by atoms with van der Waals surface area (Å²) in [6, 6.07) is 0. The fourth-order valence-electron chi connectivity index (χ4n) is 9.46. The van der Waals surface area contributed by atoms with Crippen LogP contribution < -0.4 is 0 Å². The fraction of sp³-hybridized carbons (Fsp3) is 1.00. The molecule has 0 saturated heterocycles. The molecular weight excluding hydrogens is 380 g/mol. The van der Waals surface area contributed by atoms with Crippen LogP contribution in [0.2, 0.25) is 0 Å². The summed E-state index contributed by atoms with van der Waals surface area (Å²) in [5.41, 5.74) is 0.550. The Labute approximate surface area is 193 Å². The molecule has 1 unspecified atom stereocenters. The average Bonchev–Trinajstić information content (AvgIpc) is 3.02. The summed E-state index contributed by atoms with van der Waals surface area (Å²) in [6.07, 6.45) is 13.6. The van der Waals surface area contributed by atoms with Gasteiger partial charge in [-0.2, -0.15) is 0 Å².